The van der Waals surface area contributed by atoms with Crippen LogP contribution in [-0.4, -0.2) is 28.7 Å². The number of phenolic OH excluding ortho intramolecular Hbond substituents is 1. The first-order valence-corrected chi connectivity index (χ1v) is 11.6. The molecule has 0 bridgehead atoms. The third-order valence-electron chi connectivity index (χ3n) is 5.01. The number of carbonyl (C=O) groups excluding carboxylic acids is 2. The number of thioether (sulfide) groups is 1. The van der Waals surface area contributed by atoms with Crippen molar-refractivity contribution >= 4 is 40.6 Å². The minimum Gasteiger partial charge on any atom is -0.506 e. The highest BCUT2D eigenvalue weighted by Crippen LogP contribution is 2.39. The van der Waals surface area contributed by atoms with E-state index in [4.69, 9.17) is 13.6 Å². The van der Waals surface area contributed by atoms with Crippen LogP contribution in [0.3, 0.4) is 0 Å². The Hall–Kier alpha value is -4.05. The Balaban J connectivity index is 1.51. The van der Waals surface area contributed by atoms with Gasteiger partial charge in [0.15, 0.2) is 23.3 Å². The Morgan fingerprint density at radius 2 is 1.89 bits per heavy atom. The van der Waals surface area contributed by atoms with E-state index in [9.17, 15) is 19.5 Å². The molecule has 180 valence electrons. The Kier molecular flexibility index (Phi) is 7.21. The van der Waals surface area contributed by atoms with E-state index < -0.39 is 11.8 Å². The molecule has 4 rings (SSSR count). The van der Waals surface area contributed by atoms with Crippen molar-refractivity contribution in [3.8, 4) is 5.75 Å². The number of esters is 1. The van der Waals surface area contributed by atoms with Crippen LogP contribution in [0.5, 0.6) is 5.75 Å². The number of amidine groups is 1. The van der Waals surface area contributed by atoms with Gasteiger partial charge in [-0.05, 0) is 61.0 Å². The molecule has 0 aliphatic carbocycles. The fourth-order valence-corrected chi connectivity index (χ4v) is 4.24. The standard InChI is InChI=1S/C25H22N2O7S/c1-3-12-26-24-27(18-6-4-5-7-19(18)28)22(29)21(35-24)13-16-8-10-17(11-9-16)23(30)32-14-20-15(2)33-25(31)34-20/h4-11,13,28H,3,12,14H2,1-2H3/b21-13-,26-24?. The van der Waals surface area contributed by atoms with Crippen LogP contribution in [0, 0.1) is 6.92 Å². The molecule has 35 heavy (non-hydrogen) atoms. The zero-order valence-corrected chi connectivity index (χ0v) is 19.8. The van der Waals surface area contributed by atoms with Gasteiger partial charge in [-0.2, -0.15) is 0 Å². The van der Waals surface area contributed by atoms with Crippen molar-refractivity contribution in [1.29, 1.82) is 0 Å². The van der Waals surface area contributed by atoms with Crippen molar-refractivity contribution in [3.63, 3.8) is 0 Å². The number of anilines is 1. The van der Waals surface area contributed by atoms with E-state index in [1.807, 2.05) is 6.92 Å². The zero-order valence-electron chi connectivity index (χ0n) is 19.0. The second kappa shape index (κ2) is 10.5. The quantitative estimate of drug-likeness (QED) is 0.377. The number of aliphatic imine (C=N–C) groups is 1. The van der Waals surface area contributed by atoms with E-state index in [1.165, 1.54) is 29.7 Å². The van der Waals surface area contributed by atoms with Gasteiger partial charge < -0.3 is 18.7 Å². The molecule has 0 atom stereocenters. The highest BCUT2D eigenvalue weighted by atomic mass is 32.2. The van der Waals surface area contributed by atoms with Gasteiger partial charge in [-0.25, -0.2) is 9.59 Å². The fourth-order valence-electron chi connectivity index (χ4n) is 3.24. The van der Waals surface area contributed by atoms with Crippen molar-refractivity contribution in [2.24, 2.45) is 4.99 Å². The number of phenols is 1. The van der Waals surface area contributed by atoms with E-state index in [0.717, 1.165) is 6.42 Å². The Morgan fingerprint density at radius 3 is 2.54 bits per heavy atom. The van der Waals surface area contributed by atoms with Crippen LogP contribution in [0.2, 0.25) is 0 Å². The van der Waals surface area contributed by atoms with Gasteiger partial charge in [0.25, 0.3) is 5.91 Å². The van der Waals surface area contributed by atoms with E-state index in [2.05, 4.69) is 4.99 Å². The second-order valence-electron chi connectivity index (χ2n) is 7.54. The van der Waals surface area contributed by atoms with E-state index in [-0.39, 0.29) is 29.8 Å². The van der Waals surface area contributed by atoms with Crippen LogP contribution >= 0.6 is 11.8 Å². The molecular formula is C25H22N2O7S. The molecular weight excluding hydrogens is 472 g/mol. The van der Waals surface area contributed by atoms with Crippen molar-refractivity contribution in [1.82, 2.24) is 0 Å². The van der Waals surface area contributed by atoms with E-state index >= 15 is 0 Å². The van der Waals surface area contributed by atoms with Crippen molar-refractivity contribution in [2.75, 3.05) is 11.4 Å². The van der Waals surface area contributed by atoms with Crippen LogP contribution in [0.4, 0.5) is 5.69 Å². The van der Waals surface area contributed by atoms with Crippen LogP contribution < -0.4 is 10.7 Å². The van der Waals surface area contributed by atoms with Gasteiger partial charge in [-0.15, -0.1) is 0 Å². The number of nitrogens with zero attached hydrogens (tertiary/aromatic N) is 2. The monoisotopic (exact) mass is 494 g/mol. The molecule has 1 fully saturated rings. The third-order valence-corrected chi connectivity index (χ3v) is 6.02. The maximum absolute atomic E-state index is 13.2. The molecule has 0 unspecified atom stereocenters. The lowest BCUT2D eigenvalue weighted by molar-refractivity contribution is -0.113. The summed E-state index contributed by atoms with van der Waals surface area (Å²) in [6.45, 7) is 3.85. The predicted octanol–water partition coefficient (Wildman–Crippen LogP) is 4.49. The lowest BCUT2D eigenvalue weighted by atomic mass is 10.1. The maximum atomic E-state index is 13.2. The molecule has 1 aliphatic rings. The summed E-state index contributed by atoms with van der Waals surface area (Å²) in [4.78, 5) is 43.0. The van der Waals surface area contributed by atoms with Crippen molar-refractivity contribution in [2.45, 2.75) is 26.9 Å². The first kappa shape index (κ1) is 24.1. The predicted molar refractivity (Wildman–Crippen MR) is 131 cm³/mol. The topological polar surface area (TPSA) is 123 Å². The summed E-state index contributed by atoms with van der Waals surface area (Å²) in [5.74, 6) is -1.36. The number of aromatic hydroxyl groups is 1. The van der Waals surface area contributed by atoms with Gasteiger partial charge in [-0.1, -0.05) is 31.2 Å². The molecule has 0 saturated carbocycles. The summed E-state index contributed by atoms with van der Waals surface area (Å²) in [6.07, 6.45) is 2.52. The zero-order chi connectivity index (χ0) is 24.9. The Morgan fingerprint density at radius 1 is 1.14 bits per heavy atom. The molecule has 1 saturated heterocycles. The van der Waals surface area contributed by atoms with Gasteiger partial charge in [0.05, 0.1) is 16.2 Å². The number of ether oxygens (including phenoxy) is 1. The molecule has 10 heteroatoms. The SMILES string of the molecule is CCCN=C1S/C(=C\c2ccc(C(=O)OCc3oc(=O)oc3C)cc2)C(=O)N1c1ccccc1O. The molecule has 0 radical (unpaired) electrons. The largest absolute Gasteiger partial charge is 0.519 e. The third kappa shape index (κ3) is 5.38. The number of hydrogen-bond acceptors (Lipinski definition) is 9. The maximum Gasteiger partial charge on any atom is 0.519 e. The lowest BCUT2D eigenvalue weighted by Crippen LogP contribution is -2.29. The average molecular weight is 495 g/mol. The van der Waals surface area contributed by atoms with Gasteiger partial charge in [-0.3, -0.25) is 14.7 Å². The molecule has 1 amide bonds. The molecule has 3 aromatic rings. The summed E-state index contributed by atoms with van der Waals surface area (Å²) in [5.41, 5.74) is 1.36. The molecule has 2 aromatic carbocycles. The smallest absolute Gasteiger partial charge is 0.506 e. The minimum absolute atomic E-state index is 0.0142. The summed E-state index contributed by atoms with van der Waals surface area (Å²) < 4.78 is 14.7. The van der Waals surface area contributed by atoms with Gasteiger partial charge >= 0.3 is 11.8 Å². The molecule has 1 aliphatic heterocycles. The summed E-state index contributed by atoms with van der Waals surface area (Å²) >= 11 is 1.22. The lowest BCUT2D eigenvalue weighted by Gasteiger charge is -2.16. The molecule has 1 aromatic heterocycles. The number of rotatable bonds is 7. The number of carbonyl (C=O) groups is 2. The molecule has 2 heterocycles. The summed E-state index contributed by atoms with van der Waals surface area (Å²) in [6, 6.07) is 13.1. The first-order chi connectivity index (χ1) is 16.9. The normalized spacial score (nSPS) is 15.8. The molecule has 9 nitrogen and oxygen atoms in total. The number of amides is 1. The minimum atomic E-state index is -0.853. The van der Waals surface area contributed by atoms with Crippen LogP contribution in [0.25, 0.3) is 6.08 Å². The molecule has 1 N–H and O–H groups in total. The number of para-hydroxylation sites is 2. The highest BCUT2D eigenvalue weighted by molar-refractivity contribution is 8.19. The van der Waals surface area contributed by atoms with Crippen LogP contribution in [0.15, 0.2) is 72.1 Å². The van der Waals surface area contributed by atoms with Gasteiger partial charge in [0, 0.05) is 6.54 Å². The van der Waals surface area contributed by atoms with Crippen molar-refractivity contribution in [3.05, 3.63) is 86.7 Å². The summed E-state index contributed by atoms with van der Waals surface area (Å²) in [5, 5.41) is 10.8. The van der Waals surface area contributed by atoms with Gasteiger partial charge in [0.2, 0.25) is 0 Å². The van der Waals surface area contributed by atoms with E-state index in [1.54, 1.807) is 48.5 Å². The summed E-state index contributed by atoms with van der Waals surface area (Å²) in [7, 11) is 0. The number of hydrogen-bond donors (Lipinski definition) is 1. The van der Waals surface area contributed by atoms with E-state index in [0.29, 0.717) is 33.4 Å². The van der Waals surface area contributed by atoms with Gasteiger partial charge in [0.1, 0.15) is 5.75 Å². The second-order valence-corrected chi connectivity index (χ2v) is 8.54. The first-order valence-electron chi connectivity index (χ1n) is 10.8. The Bertz CT molecular complexity index is 1370. The average Bonchev–Trinajstić information content (AvgIpc) is 3.33. The molecule has 0 spiro atoms. The number of benzene rings is 2. The fraction of sp³-hybridized carbons (Fsp3) is 0.200. The van der Waals surface area contributed by atoms with Crippen LogP contribution in [-0.2, 0) is 16.1 Å². The Labute approximate surface area is 204 Å². The number of aryl methyl sites for hydroxylation is 1. The highest BCUT2D eigenvalue weighted by Gasteiger charge is 2.35. The van der Waals surface area contributed by atoms with Crippen molar-refractivity contribution < 1.29 is 28.3 Å². The van der Waals surface area contributed by atoms with Crippen LogP contribution in [0.1, 0.15) is 40.8 Å².